The first-order valence-corrected chi connectivity index (χ1v) is 14.4. The number of pyridine rings is 1. The normalized spacial score (nSPS) is 14.4. The van der Waals surface area contributed by atoms with Crippen LogP contribution in [0.5, 0.6) is 0 Å². The Morgan fingerprint density at radius 1 is 0.489 bits per heavy atom. The van der Waals surface area contributed by atoms with Crippen LogP contribution in [-0.4, -0.2) is 19.5 Å². The highest BCUT2D eigenvalue weighted by atomic mass is 15.1. The predicted molar refractivity (Wildman–Crippen MR) is 185 cm³/mol. The fourth-order valence-corrected chi connectivity index (χ4v) is 5.90. The van der Waals surface area contributed by atoms with E-state index in [9.17, 15) is 0 Å². The van der Waals surface area contributed by atoms with Gasteiger partial charge in [0.25, 0.3) is 0 Å². The zero-order valence-corrected chi connectivity index (χ0v) is 23.6. The van der Waals surface area contributed by atoms with Crippen molar-refractivity contribution in [3.63, 3.8) is 0 Å². The van der Waals surface area contributed by atoms with E-state index in [1.807, 2.05) is 53.1 Å². The molecule has 0 aliphatic carbocycles. The summed E-state index contributed by atoms with van der Waals surface area (Å²) in [6, 6.07) is 26.9. The average molecular weight is 584 g/mol. The summed E-state index contributed by atoms with van der Waals surface area (Å²) in [6.45, 7) is 0. The summed E-state index contributed by atoms with van der Waals surface area (Å²) in [6.07, 6.45) is 1.57. The second kappa shape index (κ2) is 10.2. The van der Waals surface area contributed by atoms with Crippen LogP contribution in [0, 0.1) is 0 Å². The van der Waals surface area contributed by atoms with E-state index in [1.165, 1.54) is 0 Å². The number of aromatic nitrogens is 4. The SMILES string of the molecule is [2H]c1c([2H])c([2H])c(-c2c([2H])c([2H])c(-c3nc(-n4c5ccc(-c6ccccc6)cc5c5cc6ccccc6cc54)c4cccnc4n3)c([2H])c2[2H])c([2H])c1[2H]. The van der Waals surface area contributed by atoms with Crippen LogP contribution in [0.2, 0.25) is 0 Å². The first kappa shape index (κ1) is 17.9. The van der Waals surface area contributed by atoms with Gasteiger partial charge in [-0.1, -0.05) is 115 Å². The van der Waals surface area contributed by atoms with Crippen molar-refractivity contribution in [3.8, 4) is 39.5 Å². The Kier molecular flexibility index (Phi) is 4.07. The van der Waals surface area contributed by atoms with E-state index in [0.717, 1.165) is 43.7 Å². The number of hydrogen-bond donors (Lipinski definition) is 0. The van der Waals surface area contributed by atoms with Gasteiger partial charge < -0.3 is 0 Å². The first-order chi connectivity index (χ1) is 26.0. The smallest absolute Gasteiger partial charge is 0.165 e. The van der Waals surface area contributed by atoms with Crippen molar-refractivity contribution >= 4 is 43.6 Å². The molecule has 0 saturated carbocycles. The summed E-state index contributed by atoms with van der Waals surface area (Å²) in [7, 11) is 0. The minimum Gasteiger partial charge on any atom is -0.293 e. The lowest BCUT2D eigenvalue weighted by atomic mass is 10.0. The minimum absolute atomic E-state index is 0.113. The van der Waals surface area contributed by atoms with Crippen LogP contribution in [0.1, 0.15) is 12.3 Å². The van der Waals surface area contributed by atoms with Gasteiger partial charge >= 0.3 is 0 Å². The highest BCUT2D eigenvalue weighted by Gasteiger charge is 2.19. The summed E-state index contributed by atoms with van der Waals surface area (Å²) in [5.41, 5.74) is 3.01. The van der Waals surface area contributed by atoms with Crippen molar-refractivity contribution in [2.45, 2.75) is 0 Å². The van der Waals surface area contributed by atoms with Crippen molar-refractivity contribution in [2.24, 2.45) is 0 Å². The molecule has 0 saturated heterocycles. The van der Waals surface area contributed by atoms with Crippen molar-refractivity contribution < 1.29 is 12.3 Å². The van der Waals surface area contributed by atoms with Crippen LogP contribution in [0.3, 0.4) is 0 Å². The summed E-state index contributed by atoms with van der Waals surface area (Å²) in [4.78, 5) is 14.2. The molecule has 0 atom stereocenters. The van der Waals surface area contributed by atoms with Crippen LogP contribution >= 0.6 is 0 Å². The number of fused-ring (bicyclic) bond motifs is 5. The monoisotopic (exact) mass is 583 g/mol. The standard InChI is InChI=1S/C41H26N4/c1-3-10-27(11-4-1)29-17-19-30(20-18-29)39-43-40-34(16-9-23-42-40)41(44-39)45-37-22-21-33(28-12-5-2-6-13-28)25-35(37)36-24-31-14-7-8-15-32(31)26-38(36)45/h1-26H/i1D,3D,4D,10D,11D,17D,18D,19D,20D. The third kappa shape index (κ3) is 4.27. The van der Waals surface area contributed by atoms with E-state index < -0.39 is 65.5 Å². The van der Waals surface area contributed by atoms with Crippen molar-refractivity contribution in [3.05, 3.63) is 158 Å². The summed E-state index contributed by atoms with van der Waals surface area (Å²) < 4.78 is 79.4. The highest BCUT2D eigenvalue weighted by molar-refractivity contribution is 6.15. The van der Waals surface area contributed by atoms with Gasteiger partial charge in [-0.05, 0) is 69.4 Å². The lowest BCUT2D eigenvalue weighted by Gasteiger charge is -2.13. The first-order valence-electron chi connectivity index (χ1n) is 18.9. The third-order valence-electron chi connectivity index (χ3n) is 8.00. The quantitative estimate of drug-likeness (QED) is 0.207. The van der Waals surface area contributed by atoms with E-state index in [1.54, 1.807) is 12.3 Å². The molecule has 0 bridgehead atoms. The highest BCUT2D eigenvalue weighted by Crippen LogP contribution is 2.38. The van der Waals surface area contributed by atoms with Crippen LogP contribution in [-0.2, 0) is 0 Å². The molecule has 0 unspecified atom stereocenters. The largest absolute Gasteiger partial charge is 0.293 e. The molecule has 45 heavy (non-hydrogen) atoms. The number of benzene rings is 6. The minimum atomic E-state index is -0.643. The van der Waals surface area contributed by atoms with Crippen LogP contribution in [0.25, 0.3) is 83.1 Å². The maximum absolute atomic E-state index is 9.11. The Morgan fingerprint density at radius 3 is 2.02 bits per heavy atom. The molecule has 4 nitrogen and oxygen atoms in total. The molecule has 0 amide bonds. The molecule has 3 heterocycles. The second-order valence-electron chi connectivity index (χ2n) is 10.6. The zero-order chi connectivity index (χ0) is 37.6. The molecular weight excluding hydrogens is 548 g/mol. The zero-order valence-electron chi connectivity index (χ0n) is 32.6. The molecule has 9 rings (SSSR count). The predicted octanol–water partition coefficient (Wildman–Crippen LogP) is 10.3. The van der Waals surface area contributed by atoms with Gasteiger partial charge in [-0.2, -0.15) is 0 Å². The number of hydrogen-bond acceptors (Lipinski definition) is 3. The van der Waals surface area contributed by atoms with Gasteiger partial charge in [-0.3, -0.25) is 4.57 Å². The summed E-state index contributed by atoms with van der Waals surface area (Å²) in [5, 5.41) is 4.61. The van der Waals surface area contributed by atoms with Crippen LogP contribution < -0.4 is 0 Å². The van der Waals surface area contributed by atoms with E-state index >= 15 is 0 Å². The molecule has 6 aromatic carbocycles. The molecule has 210 valence electrons. The Hall–Kier alpha value is -6.13. The molecule has 0 aliphatic heterocycles. The molecule has 0 aliphatic rings. The Morgan fingerprint density at radius 2 is 1.20 bits per heavy atom. The Bertz CT molecular complexity index is 3000. The molecule has 3 aromatic heterocycles. The molecule has 0 radical (unpaired) electrons. The maximum atomic E-state index is 9.11. The fourth-order valence-electron chi connectivity index (χ4n) is 5.90. The van der Waals surface area contributed by atoms with E-state index in [0.29, 0.717) is 11.2 Å². The second-order valence-corrected chi connectivity index (χ2v) is 10.6. The van der Waals surface area contributed by atoms with E-state index in [2.05, 4.69) is 52.4 Å². The lowest BCUT2D eigenvalue weighted by Crippen LogP contribution is -2.03. The van der Waals surface area contributed by atoms with E-state index in [4.69, 9.17) is 17.3 Å². The van der Waals surface area contributed by atoms with Gasteiger partial charge in [0.15, 0.2) is 17.3 Å². The Balaban J connectivity index is 1.35. The van der Waals surface area contributed by atoms with Gasteiger partial charge in [0.05, 0.1) is 28.8 Å². The van der Waals surface area contributed by atoms with Crippen molar-refractivity contribution in [2.75, 3.05) is 0 Å². The van der Waals surface area contributed by atoms with E-state index in [-0.39, 0.29) is 17.0 Å². The maximum Gasteiger partial charge on any atom is 0.165 e. The third-order valence-corrected chi connectivity index (χ3v) is 8.00. The van der Waals surface area contributed by atoms with Gasteiger partial charge in [0, 0.05) is 22.5 Å². The van der Waals surface area contributed by atoms with Gasteiger partial charge in [-0.15, -0.1) is 0 Å². The number of nitrogens with zero attached hydrogens (tertiary/aromatic N) is 4. The fraction of sp³-hybridized carbons (Fsp3) is 0. The molecule has 0 N–H and O–H groups in total. The summed E-state index contributed by atoms with van der Waals surface area (Å²) in [5.74, 6) is 0.301. The molecule has 4 heteroatoms. The number of rotatable bonds is 4. The lowest BCUT2D eigenvalue weighted by molar-refractivity contribution is 1.07. The summed E-state index contributed by atoms with van der Waals surface area (Å²) >= 11 is 0. The van der Waals surface area contributed by atoms with Crippen LogP contribution in [0.4, 0.5) is 0 Å². The Labute approximate surface area is 272 Å². The molecular formula is C41H26N4. The van der Waals surface area contributed by atoms with Crippen LogP contribution in [0.15, 0.2) is 158 Å². The molecule has 9 aromatic rings. The topological polar surface area (TPSA) is 43.6 Å². The molecule has 0 fully saturated rings. The van der Waals surface area contributed by atoms with Crippen molar-refractivity contribution in [1.82, 2.24) is 19.5 Å². The van der Waals surface area contributed by atoms with Gasteiger partial charge in [-0.25, -0.2) is 15.0 Å². The van der Waals surface area contributed by atoms with Gasteiger partial charge in [0.2, 0.25) is 0 Å². The van der Waals surface area contributed by atoms with Crippen molar-refractivity contribution in [1.29, 1.82) is 0 Å². The molecule has 0 spiro atoms. The van der Waals surface area contributed by atoms with Gasteiger partial charge in [0.1, 0.15) is 0 Å². The average Bonchev–Trinajstić information content (AvgIpc) is 3.51.